The highest BCUT2D eigenvalue weighted by Gasteiger charge is 2.15. The molecule has 2 atom stereocenters. The first-order chi connectivity index (χ1) is 9.26. The Kier molecular flexibility index (Phi) is 14.3. The first kappa shape index (κ1) is 18.9. The normalized spacial score (nSPS) is 14.5. The Balaban J connectivity index is 3.33. The summed E-state index contributed by atoms with van der Waals surface area (Å²) in [5.41, 5.74) is 5.71. The Morgan fingerprint density at radius 2 is 1.26 bits per heavy atom. The van der Waals surface area contributed by atoms with Gasteiger partial charge >= 0.3 is 0 Å². The number of aliphatic hydroxyl groups excluding tert-OH is 1. The third-order valence-electron chi connectivity index (χ3n) is 4.11. The summed E-state index contributed by atoms with van der Waals surface area (Å²) >= 11 is 0. The molecular formula is C17H37NO. The lowest BCUT2D eigenvalue weighted by Crippen LogP contribution is -2.27. The Labute approximate surface area is 121 Å². The SMILES string of the molecule is CCCCCCCCCCCC(O)C(CN)CCC. The molecule has 0 fully saturated rings. The van der Waals surface area contributed by atoms with E-state index in [-0.39, 0.29) is 6.10 Å². The summed E-state index contributed by atoms with van der Waals surface area (Å²) in [6.07, 6.45) is 15.0. The van der Waals surface area contributed by atoms with Crippen LogP contribution in [0, 0.1) is 5.92 Å². The van der Waals surface area contributed by atoms with Gasteiger partial charge in [-0.1, -0.05) is 78.1 Å². The molecule has 0 aliphatic heterocycles. The highest BCUT2D eigenvalue weighted by atomic mass is 16.3. The van der Waals surface area contributed by atoms with Crippen LogP contribution in [0.2, 0.25) is 0 Å². The van der Waals surface area contributed by atoms with Crippen LogP contribution in [0.5, 0.6) is 0 Å². The van der Waals surface area contributed by atoms with Crippen molar-refractivity contribution in [1.29, 1.82) is 0 Å². The molecule has 3 N–H and O–H groups in total. The molecule has 19 heavy (non-hydrogen) atoms. The number of aliphatic hydroxyl groups is 1. The van der Waals surface area contributed by atoms with Gasteiger partial charge in [0, 0.05) is 0 Å². The van der Waals surface area contributed by atoms with Crippen LogP contribution in [0.25, 0.3) is 0 Å². The summed E-state index contributed by atoms with van der Waals surface area (Å²) in [4.78, 5) is 0. The first-order valence-corrected chi connectivity index (χ1v) is 8.64. The van der Waals surface area contributed by atoms with Gasteiger partial charge in [-0.15, -0.1) is 0 Å². The van der Waals surface area contributed by atoms with Crippen LogP contribution >= 0.6 is 0 Å². The molecule has 0 saturated heterocycles. The predicted molar refractivity (Wildman–Crippen MR) is 85.3 cm³/mol. The largest absolute Gasteiger partial charge is 0.393 e. The molecular weight excluding hydrogens is 234 g/mol. The molecule has 2 nitrogen and oxygen atoms in total. The van der Waals surface area contributed by atoms with Gasteiger partial charge < -0.3 is 10.8 Å². The second-order valence-electron chi connectivity index (χ2n) is 5.97. The second kappa shape index (κ2) is 14.3. The lowest BCUT2D eigenvalue weighted by molar-refractivity contribution is 0.0945. The summed E-state index contributed by atoms with van der Waals surface area (Å²) < 4.78 is 0. The van der Waals surface area contributed by atoms with Crippen LogP contribution in [0.1, 0.15) is 90.9 Å². The minimum atomic E-state index is -0.172. The van der Waals surface area contributed by atoms with Gasteiger partial charge in [-0.2, -0.15) is 0 Å². The Bertz CT molecular complexity index is 173. The average Bonchev–Trinajstić information content (AvgIpc) is 2.42. The van der Waals surface area contributed by atoms with Crippen molar-refractivity contribution >= 4 is 0 Å². The van der Waals surface area contributed by atoms with E-state index in [0.29, 0.717) is 12.5 Å². The zero-order valence-corrected chi connectivity index (χ0v) is 13.4. The van der Waals surface area contributed by atoms with Crippen LogP contribution in [0.3, 0.4) is 0 Å². The molecule has 0 amide bonds. The van der Waals surface area contributed by atoms with Crippen molar-refractivity contribution in [2.45, 2.75) is 97.0 Å². The fourth-order valence-corrected chi connectivity index (χ4v) is 2.74. The number of rotatable bonds is 14. The van der Waals surface area contributed by atoms with Crippen molar-refractivity contribution in [2.24, 2.45) is 11.7 Å². The van der Waals surface area contributed by atoms with Crippen molar-refractivity contribution in [3.63, 3.8) is 0 Å². The highest BCUT2D eigenvalue weighted by molar-refractivity contribution is 4.69. The Hall–Kier alpha value is -0.0800. The molecule has 0 aromatic heterocycles. The standard InChI is InChI=1S/C17H37NO/c1-3-5-6-7-8-9-10-11-12-14-17(19)16(15-18)13-4-2/h16-17,19H,3-15,18H2,1-2H3. The fourth-order valence-electron chi connectivity index (χ4n) is 2.74. The molecule has 0 bridgehead atoms. The van der Waals surface area contributed by atoms with E-state index in [0.717, 1.165) is 25.7 Å². The van der Waals surface area contributed by atoms with E-state index in [1.54, 1.807) is 0 Å². The van der Waals surface area contributed by atoms with Crippen molar-refractivity contribution in [1.82, 2.24) is 0 Å². The van der Waals surface area contributed by atoms with Gasteiger partial charge in [0.2, 0.25) is 0 Å². The van der Waals surface area contributed by atoms with Crippen LogP contribution < -0.4 is 5.73 Å². The molecule has 0 aliphatic carbocycles. The average molecular weight is 271 g/mol. The molecule has 0 saturated carbocycles. The third kappa shape index (κ3) is 11.4. The van der Waals surface area contributed by atoms with Crippen LogP contribution in [0.15, 0.2) is 0 Å². The van der Waals surface area contributed by atoms with Gasteiger partial charge in [0.05, 0.1) is 6.10 Å². The van der Waals surface area contributed by atoms with Crippen LogP contribution in [-0.2, 0) is 0 Å². The van der Waals surface area contributed by atoms with E-state index in [1.807, 2.05) is 0 Å². The zero-order chi connectivity index (χ0) is 14.3. The lowest BCUT2D eigenvalue weighted by Gasteiger charge is -2.20. The molecule has 2 unspecified atom stereocenters. The molecule has 0 heterocycles. The molecule has 0 spiro atoms. The van der Waals surface area contributed by atoms with Gasteiger partial charge in [-0.3, -0.25) is 0 Å². The Morgan fingerprint density at radius 1 is 0.737 bits per heavy atom. The quantitative estimate of drug-likeness (QED) is 0.452. The van der Waals surface area contributed by atoms with Gasteiger partial charge in [0.15, 0.2) is 0 Å². The molecule has 116 valence electrons. The predicted octanol–water partition coefficient (Wildman–Crippen LogP) is 4.64. The minimum absolute atomic E-state index is 0.172. The second-order valence-corrected chi connectivity index (χ2v) is 5.97. The van der Waals surface area contributed by atoms with Crippen molar-refractivity contribution < 1.29 is 5.11 Å². The molecule has 0 aliphatic rings. The third-order valence-corrected chi connectivity index (χ3v) is 4.11. The molecule has 0 aromatic carbocycles. The summed E-state index contributed by atoms with van der Waals surface area (Å²) in [6, 6.07) is 0. The molecule has 0 rings (SSSR count). The van der Waals surface area contributed by atoms with E-state index in [4.69, 9.17) is 5.73 Å². The first-order valence-electron chi connectivity index (χ1n) is 8.64. The van der Waals surface area contributed by atoms with Crippen LogP contribution in [-0.4, -0.2) is 17.8 Å². The maximum Gasteiger partial charge on any atom is 0.0580 e. The summed E-state index contributed by atoms with van der Waals surface area (Å²) in [6.45, 7) is 5.05. The maximum absolute atomic E-state index is 10.1. The minimum Gasteiger partial charge on any atom is -0.393 e. The summed E-state index contributed by atoms with van der Waals surface area (Å²) in [5.74, 6) is 0.319. The number of unbranched alkanes of at least 4 members (excludes halogenated alkanes) is 8. The fraction of sp³-hybridized carbons (Fsp3) is 1.00. The number of hydrogen-bond acceptors (Lipinski definition) is 2. The monoisotopic (exact) mass is 271 g/mol. The van der Waals surface area contributed by atoms with E-state index < -0.39 is 0 Å². The Morgan fingerprint density at radius 3 is 1.74 bits per heavy atom. The van der Waals surface area contributed by atoms with Crippen LogP contribution in [0.4, 0.5) is 0 Å². The smallest absolute Gasteiger partial charge is 0.0580 e. The van der Waals surface area contributed by atoms with E-state index in [2.05, 4.69) is 13.8 Å². The summed E-state index contributed by atoms with van der Waals surface area (Å²) in [7, 11) is 0. The van der Waals surface area contributed by atoms with Gasteiger partial charge in [0.1, 0.15) is 0 Å². The number of nitrogens with two attached hydrogens (primary N) is 1. The van der Waals surface area contributed by atoms with Gasteiger partial charge in [0.25, 0.3) is 0 Å². The maximum atomic E-state index is 10.1. The van der Waals surface area contributed by atoms with Gasteiger partial charge in [-0.25, -0.2) is 0 Å². The van der Waals surface area contributed by atoms with E-state index >= 15 is 0 Å². The highest BCUT2D eigenvalue weighted by Crippen LogP contribution is 2.17. The van der Waals surface area contributed by atoms with Crippen molar-refractivity contribution in [2.75, 3.05) is 6.54 Å². The molecule has 2 heteroatoms. The summed E-state index contributed by atoms with van der Waals surface area (Å²) in [5, 5.41) is 10.1. The zero-order valence-electron chi connectivity index (χ0n) is 13.4. The van der Waals surface area contributed by atoms with Crippen molar-refractivity contribution in [3.8, 4) is 0 Å². The van der Waals surface area contributed by atoms with Crippen molar-refractivity contribution in [3.05, 3.63) is 0 Å². The lowest BCUT2D eigenvalue weighted by atomic mass is 9.93. The molecule has 0 aromatic rings. The van der Waals surface area contributed by atoms with E-state index in [1.165, 1.54) is 51.4 Å². The number of hydrogen-bond donors (Lipinski definition) is 2. The molecule has 0 radical (unpaired) electrons. The van der Waals surface area contributed by atoms with E-state index in [9.17, 15) is 5.11 Å². The topological polar surface area (TPSA) is 46.2 Å². The van der Waals surface area contributed by atoms with Gasteiger partial charge in [-0.05, 0) is 25.3 Å².